The van der Waals surface area contributed by atoms with E-state index in [1.807, 2.05) is 0 Å². The van der Waals surface area contributed by atoms with E-state index in [-0.39, 0.29) is 16.5 Å². The van der Waals surface area contributed by atoms with E-state index in [9.17, 15) is 0 Å². The monoisotopic (exact) mass is 316 g/mol. The molecule has 5 atom stereocenters. The summed E-state index contributed by atoms with van der Waals surface area (Å²) in [5, 5.41) is 9.98. The van der Waals surface area contributed by atoms with E-state index in [1.54, 1.807) is 0 Å². The highest BCUT2D eigenvalue weighted by molar-refractivity contribution is 5.42. The third-order valence-electron chi connectivity index (χ3n) is 7.52. The standard InChI is InChI=1S/C22H24N2/c1-20(15-16-9-5-3-6-10-16)21(2)18-13-14-19(18)22(20,24-23-21)17-11-7-4-8-12-17/h3-12,18-19H,13-15H2,1-2H3/t18-,19-,20-,21-,22+/m1/s1. The minimum Gasteiger partial charge on any atom is -0.186 e. The molecular weight excluding hydrogens is 292 g/mol. The maximum Gasteiger partial charge on any atom is 0.118 e. The number of hydrogen-bond donors (Lipinski definition) is 0. The van der Waals surface area contributed by atoms with Gasteiger partial charge in [0.1, 0.15) is 5.54 Å². The molecule has 2 aliphatic carbocycles. The fourth-order valence-corrected chi connectivity index (χ4v) is 6.03. The van der Waals surface area contributed by atoms with E-state index >= 15 is 0 Å². The van der Waals surface area contributed by atoms with Gasteiger partial charge in [-0.05, 0) is 49.1 Å². The number of fused-ring (bicyclic) bond motifs is 5. The summed E-state index contributed by atoms with van der Waals surface area (Å²) in [6.45, 7) is 4.82. The summed E-state index contributed by atoms with van der Waals surface area (Å²) in [6.07, 6.45) is 3.64. The van der Waals surface area contributed by atoms with Crippen LogP contribution in [0.1, 0.15) is 37.8 Å². The molecule has 2 aromatic rings. The fourth-order valence-electron chi connectivity index (χ4n) is 6.03. The maximum atomic E-state index is 5.03. The summed E-state index contributed by atoms with van der Waals surface area (Å²) < 4.78 is 0. The molecule has 122 valence electrons. The van der Waals surface area contributed by atoms with Crippen LogP contribution in [-0.2, 0) is 12.0 Å². The maximum absolute atomic E-state index is 5.03. The van der Waals surface area contributed by atoms with Gasteiger partial charge in [0.2, 0.25) is 0 Å². The van der Waals surface area contributed by atoms with Crippen LogP contribution in [0, 0.1) is 17.3 Å². The van der Waals surface area contributed by atoms with Crippen molar-refractivity contribution >= 4 is 0 Å². The lowest BCUT2D eigenvalue weighted by atomic mass is 9.60. The Morgan fingerprint density at radius 1 is 0.833 bits per heavy atom. The van der Waals surface area contributed by atoms with Gasteiger partial charge in [0.25, 0.3) is 0 Å². The second kappa shape index (κ2) is 4.56. The van der Waals surface area contributed by atoms with E-state index in [2.05, 4.69) is 74.5 Å². The van der Waals surface area contributed by atoms with Crippen molar-refractivity contribution in [2.45, 2.75) is 44.2 Å². The molecule has 0 aromatic heterocycles. The predicted molar refractivity (Wildman–Crippen MR) is 95.8 cm³/mol. The topological polar surface area (TPSA) is 24.7 Å². The molecule has 24 heavy (non-hydrogen) atoms. The minimum atomic E-state index is -0.151. The number of nitrogens with zero attached hydrogens (tertiary/aromatic N) is 2. The molecular formula is C22H24N2. The smallest absolute Gasteiger partial charge is 0.118 e. The van der Waals surface area contributed by atoms with Gasteiger partial charge in [0.05, 0.1) is 5.54 Å². The molecule has 2 aromatic carbocycles. The highest BCUT2D eigenvalue weighted by Crippen LogP contribution is 2.76. The molecule has 2 nitrogen and oxygen atoms in total. The van der Waals surface area contributed by atoms with Crippen LogP contribution in [0.4, 0.5) is 0 Å². The zero-order valence-electron chi connectivity index (χ0n) is 14.4. The Hall–Kier alpha value is -1.96. The normalized spacial score (nSPS) is 41.9. The Kier molecular flexibility index (Phi) is 2.73. The number of benzene rings is 2. The molecule has 2 fully saturated rings. The zero-order chi connectivity index (χ0) is 16.4. The summed E-state index contributed by atoms with van der Waals surface area (Å²) in [6, 6.07) is 21.9. The lowest BCUT2D eigenvalue weighted by Crippen LogP contribution is -2.47. The van der Waals surface area contributed by atoms with Crippen molar-refractivity contribution in [2.24, 2.45) is 27.5 Å². The van der Waals surface area contributed by atoms with Gasteiger partial charge in [-0.25, -0.2) is 0 Å². The summed E-state index contributed by atoms with van der Waals surface area (Å²) in [5.41, 5.74) is 2.61. The highest BCUT2D eigenvalue weighted by Gasteiger charge is 2.78. The third-order valence-corrected chi connectivity index (χ3v) is 7.52. The molecule has 0 radical (unpaired) electrons. The van der Waals surface area contributed by atoms with E-state index < -0.39 is 0 Å². The van der Waals surface area contributed by atoms with Gasteiger partial charge in [-0.1, -0.05) is 67.6 Å². The second-order valence-corrected chi connectivity index (χ2v) is 8.26. The number of hydrogen-bond acceptors (Lipinski definition) is 2. The van der Waals surface area contributed by atoms with Crippen LogP contribution >= 0.6 is 0 Å². The molecule has 1 heterocycles. The average molecular weight is 316 g/mol. The Balaban J connectivity index is 1.70. The quantitative estimate of drug-likeness (QED) is 0.725. The Morgan fingerprint density at radius 2 is 1.46 bits per heavy atom. The van der Waals surface area contributed by atoms with Crippen molar-refractivity contribution in [1.29, 1.82) is 0 Å². The van der Waals surface area contributed by atoms with Crippen LogP contribution in [0.3, 0.4) is 0 Å². The molecule has 0 amide bonds. The molecule has 0 saturated heterocycles. The third kappa shape index (κ3) is 1.44. The van der Waals surface area contributed by atoms with Gasteiger partial charge in [0, 0.05) is 5.41 Å². The number of rotatable bonds is 3. The van der Waals surface area contributed by atoms with Gasteiger partial charge in [0.15, 0.2) is 0 Å². The predicted octanol–water partition coefficient (Wildman–Crippen LogP) is 5.40. The lowest BCUT2D eigenvalue weighted by molar-refractivity contribution is 0.0898. The molecule has 2 saturated carbocycles. The molecule has 0 unspecified atom stereocenters. The van der Waals surface area contributed by atoms with Gasteiger partial charge >= 0.3 is 0 Å². The molecule has 1 aliphatic heterocycles. The molecule has 5 rings (SSSR count). The van der Waals surface area contributed by atoms with Crippen LogP contribution in [0.5, 0.6) is 0 Å². The Morgan fingerprint density at radius 3 is 2.08 bits per heavy atom. The van der Waals surface area contributed by atoms with E-state index in [0.717, 1.165) is 6.42 Å². The average Bonchev–Trinajstić information content (AvgIpc) is 2.83. The first-order valence-corrected chi connectivity index (χ1v) is 9.15. The van der Waals surface area contributed by atoms with Crippen LogP contribution in [-0.4, -0.2) is 5.54 Å². The first kappa shape index (κ1) is 14.4. The first-order valence-electron chi connectivity index (χ1n) is 9.15. The van der Waals surface area contributed by atoms with Crippen molar-refractivity contribution in [3.63, 3.8) is 0 Å². The SMILES string of the molecule is C[C@@]1(Cc2ccccc2)[C@]2(C)N=N[C@@]1(c1ccccc1)[C@@H]1CC[C@H]12. The van der Waals surface area contributed by atoms with Crippen molar-refractivity contribution in [1.82, 2.24) is 0 Å². The fraction of sp³-hybridized carbons (Fsp3) is 0.455. The molecule has 2 heteroatoms. The highest BCUT2D eigenvalue weighted by atomic mass is 15.3. The minimum absolute atomic E-state index is 0.0363. The van der Waals surface area contributed by atoms with E-state index in [0.29, 0.717) is 11.8 Å². The van der Waals surface area contributed by atoms with Crippen molar-refractivity contribution in [2.75, 3.05) is 0 Å². The Labute approximate surface area is 144 Å². The lowest BCUT2D eigenvalue weighted by Gasteiger charge is -2.45. The molecule has 0 N–H and O–H groups in total. The second-order valence-electron chi connectivity index (χ2n) is 8.26. The van der Waals surface area contributed by atoms with Crippen molar-refractivity contribution in [3.8, 4) is 0 Å². The van der Waals surface area contributed by atoms with Gasteiger partial charge in [-0.2, -0.15) is 10.2 Å². The summed E-state index contributed by atoms with van der Waals surface area (Å²) >= 11 is 0. The summed E-state index contributed by atoms with van der Waals surface area (Å²) in [5.74, 6) is 1.33. The van der Waals surface area contributed by atoms with Gasteiger partial charge in [-0.15, -0.1) is 0 Å². The van der Waals surface area contributed by atoms with Crippen molar-refractivity contribution < 1.29 is 0 Å². The van der Waals surface area contributed by atoms with Crippen molar-refractivity contribution in [3.05, 3.63) is 71.8 Å². The number of azo groups is 1. The van der Waals surface area contributed by atoms with Crippen LogP contribution in [0.25, 0.3) is 0 Å². The largest absolute Gasteiger partial charge is 0.186 e. The van der Waals surface area contributed by atoms with Gasteiger partial charge in [-0.3, -0.25) is 0 Å². The molecule has 3 aliphatic rings. The van der Waals surface area contributed by atoms with Crippen LogP contribution < -0.4 is 0 Å². The van der Waals surface area contributed by atoms with Crippen LogP contribution in [0.2, 0.25) is 0 Å². The van der Waals surface area contributed by atoms with Crippen LogP contribution in [0.15, 0.2) is 70.9 Å². The Bertz CT molecular complexity index is 799. The first-order chi connectivity index (χ1) is 11.6. The zero-order valence-corrected chi connectivity index (χ0v) is 14.4. The van der Waals surface area contributed by atoms with Gasteiger partial charge < -0.3 is 0 Å². The van der Waals surface area contributed by atoms with E-state index in [4.69, 9.17) is 10.2 Å². The molecule has 0 spiro atoms. The molecule has 2 bridgehead atoms. The summed E-state index contributed by atoms with van der Waals surface area (Å²) in [4.78, 5) is 0. The summed E-state index contributed by atoms with van der Waals surface area (Å²) in [7, 11) is 0. The van der Waals surface area contributed by atoms with E-state index in [1.165, 1.54) is 24.0 Å².